The van der Waals surface area contributed by atoms with Crippen molar-refractivity contribution in [1.82, 2.24) is 10.6 Å². The van der Waals surface area contributed by atoms with E-state index >= 15 is 0 Å². The van der Waals surface area contributed by atoms with Gasteiger partial charge in [-0.2, -0.15) is 0 Å². The minimum atomic E-state index is 0. The van der Waals surface area contributed by atoms with Crippen LogP contribution in [0.25, 0.3) is 0 Å². The molecule has 2 N–H and O–H groups in total. The zero-order valence-corrected chi connectivity index (χ0v) is 19.7. The van der Waals surface area contributed by atoms with Crippen molar-refractivity contribution in [2.75, 3.05) is 33.4 Å². The zero-order chi connectivity index (χ0) is 17.8. The number of rotatable bonds is 5. The third-order valence-corrected chi connectivity index (χ3v) is 6.14. The molecule has 6 heteroatoms. The second-order valence-electron chi connectivity index (χ2n) is 7.93. The maximum Gasteiger partial charge on any atom is 0.191 e. The van der Waals surface area contributed by atoms with Gasteiger partial charge in [0.05, 0.1) is 13.2 Å². The lowest BCUT2D eigenvalue weighted by Gasteiger charge is -2.40. The highest BCUT2D eigenvalue weighted by Gasteiger charge is 2.35. The van der Waals surface area contributed by atoms with Crippen LogP contribution in [0.15, 0.2) is 33.7 Å². The molecule has 2 aliphatic rings. The van der Waals surface area contributed by atoms with Crippen molar-refractivity contribution in [3.8, 4) is 0 Å². The van der Waals surface area contributed by atoms with E-state index < -0.39 is 0 Å². The van der Waals surface area contributed by atoms with Crippen LogP contribution < -0.4 is 10.6 Å². The predicted octanol–water partition coefficient (Wildman–Crippen LogP) is 4.47. The first-order valence-electron chi connectivity index (χ1n) is 9.34. The van der Waals surface area contributed by atoms with Crippen LogP contribution in [0.1, 0.15) is 44.6 Å². The van der Waals surface area contributed by atoms with Gasteiger partial charge in [0.25, 0.3) is 0 Å². The number of ether oxygens (including phenoxy) is 1. The number of guanidine groups is 1. The molecule has 0 bridgehead atoms. The van der Waals surface area contributed by atoms with Gasteiger partial charge in [0, 0.05) is 35.4 Å². The Labute approximate surface area is 183 Å². The zero-order valence-electron chi connectivity index (χ0n) is 15.8. The average Bonchev–Trinajstić information content (AvgIpc) is 2.61. The summed E-state index contributed by atoms with van der Waals surface area (Å²) >= 11 is 3.64. The Balaban J connectivity index is 0.00000243. The second kappa shape index (κ2) is 9.73. The molecule has 1 heterocycles. The summed E-state index contributed by atoms with van der Waals surface area (Å²) in [5.41, 5.74) is 1.87. The minimum absolute atomic E-state index is 0. The Morgan fingerprint density at radius 2 is 1.85 bits per heavy atom. The summed E-state index contributed by atoms with van der Waals surface area (Å²) in [6.45, 7) is 5.74. The van der Waals surface area contributed by atoms with Crippen LogP contribution in [-0.4, -0.2) is 39.3 Å². The van der Waals surface area contributed by atoms with Crippen LogP contribution in [0.2, 0.25) is 0 Å². The summed E-state index contributed by atoms with van der Waals surface area (Å²) in [5, 5.41) is 7.08. The fourth-order valence-electron chi connectivity index (χ4n) is 3.94. The molecule has 1 saturated heterocycles. The van der Waals surface area contributed by atoms with E-state index in [9.17, 15) is 0 Å². The first-order chi connectivity index (χ1) is 12.1. The summed E-state index contributed by atoms with van der Waals surface area (Å²) in [7, 11) is 1.85. The van der Waals surface area contributed by atoms with Crippen molar-refractivity contribution in [3.05, 3.63) is 34.3 Å². The van der Waals surface area contributed by atoms with E-state index in [0.717, 1.165) is 36.7 Å². The molecule has 26 heavy (non-hydrogen) atoms. The normalized spacial score (nSPS) is 21.3. The lowest BCUT2D eigenvalue weighted by Crippen LogP contribution is -2.52. The predicted molar refractivity (Wildman–Crippen MR) is 123 cm³/mol. The SMILES string of the molecule is CN=C(NCC1(C)COC1)NCC1(c2cccc(Br)c2)CCCCC1.I. The first kappa shape index (κ1) is 22.0. The van der Waals surface area contributed by atoms with Crippen molar-refractivity contribution in [3.63, 3.8) is 0 Å². The Kier molecular flexibility index (Phi) is 8.22. The average molecular weight is 536 g/mol. The molecule has 4 nitrogen and oxygen atoms in total. The van der Waals surface area contributed by atoms with Crippen LogP contribution in [-0.2, 0) is 10.2 Å². The molecule has 0 amide bonds. The maximum atomic E-state index is 5.34. The number of halogens is 2. The van der Waals surface area contributed by atoms with Crippen LogP contribution >= 0.6 is 39.9 Å². The lowest BCUT2D eigenvalue weighted by molar-refractivity contribution is -0.0971. The van der Waals surface area contributed by atoms with Gasteiger partial charge in [0.15, 0.2) is 5.96 Å². The van der Waals surface area contributed by atoms with Crippen LogP contribution in [0.5, 0.6) is 0 Å². The summed E-state index contributed by atoms with van der Waals surface area (Å²) in [6.07, 6.45) is 6.42. The van der Waals surface area contributed by atoms with Crippen LogP contribution in [0, 0.1) is 5.41 Å². The Morgan fingerprint density at radius 1 is 1.15 bits per heavy atom. The van der Waals surface area contributed by atoms with E-state index in [-0.39, 0.29) is 34.8 Å². The van der Waals surface area contributed by atoms with Gasteiger partial charge >= 0.3 is 0 Å². The third-order valence-electron chi connectivity index (χ3n) is 5.65. The maximum absolute atomic E-state index is 5.34. The number of benzene rings is 1. The molecule has 1 saturated carbocycles. The van der Waals surface area contributed by atoms with E-state index in [1.807, 2.05) is 7.05 Å². The van der Waals surface area contributed by atoms with Crippen molar-refractivity contribution in [1.29, 1.82) is 0 Å². The summed E-state index contributed by atoms with van der Waals surface area (Å²) in [6, 6.07) is 8.83. The fraction of sp³-hybridized carbons (Fsp3) is 0.650. The van der Waals surface area contributed by atoms with E-state index in [1.54, 1.807) is 0 Å². The van der Waals surface area contributed by atoms with Crippen LogP contribution in [0.4, 0.5) is 0 Å². The largest absolute Gasteiger partial charge is 0.380 e. The third kappa shape index (κ3) is 5.35. The van der Waals surface area contributed by atoms with Gasteiger partial charge in [0.1, 0.15) is 0 Å². The van der Waals surface area contributed by atoms with Gasteiger partial charge in [0.2, 0.25) is 0 Å². The highest BCUT2D eigenvalue weighted by atomic mass is 127. The Morgan fingerprint density at radius 3 is 2.42 bits per heavy atom. The molecule has 0 spiro atoms. The number of aliphatic imine (C=N–C) groups is 1. The monoisotopic (exact) mass is 535 g/mol. The van der Waals surface area contributed by atoms with E-state index in [4.69, 9.17) is 4.74 Å². The highest BCUT2D eigenvalue weighted by molar-refractivity contribution is 14.0. The summed E-state index contributed by atoms with van der Waals surface area (Å²) < 4.78 is 6.50. The van der Waals surface area contributed by atoms with Gasteiger partial charge in [-0.3, -0.25) is 4.99 Å². The molecule has 1 aromatic carbocycles. The fourth-order valence-corrected chi connectivity index (χ4v) is 4.34. The molecule has 0 aromatic heterocycles. The molecular formula is C20H31BrIN3O. The Hall–Kier alpha value is -0.340. The summed E-state index contributed by atoms with van der Waals surface area (Å²) in [4.78, 5) is 4.42. The lowest BCUT2D eigenvalue weighted by atomic mass is 9.69. The first-order valence-corrected chi connectivity index (χ1v) is 10.1. The van der Waals surface area contributed by atoms with Crippen LogP contribution in [0.3, 0.4) is 0 Å². The Bertz CT molecular complexity index is 613. The standard InChI is InChI=1S/C20H30BrN3O.HI/c1-19(14-25-15-19)12-23-18(22-2)24-13-20(9-4-3-5-10-20)16-7-6-8-17(21)11-16;/h6-8,11H,3-5,9-10,12-15H2,1-2H3,(H2,22,23,24);1H. The minimum Gasteiger partial charge on any atom is -0.380 e. The quantitative estimate of drug-likeness (QED) is 0.332. The molecule has 0 atom stereocenters. The highest BCUT2D eigenvalue weighted by Crippen LogP contribution is 2.39. The second-order valence-corrected chi connectivity index (χ2v) is 8.85. The van der Waals surface area contributed by atoms with Crippen molar-refractivity contribution < 1.29 is 4.74 Å². The number of hydrogen-bond donors (Lipinski definition) is 2. The van der Waals surface area contributed by atoms with Crippen molar-refractivity contribution in [2.24, 2.45) is 10.4 Å². The van der Waals surface area contributed by atoms with Gasteiger partial charge < -0.3 is 15.4 Å². The van der Waals surface area contributed by atoms with Gasteiger partial charge in [-0.25, -0.2) is 0 Å². The van der Waals surface area contributed by atoms with E-state index in [1.165, 1.54) is 37.7 Å². The van der Waals surface area contributed by atoms with Gasteiger partial charge in [-0.1, -0.05) is 54.2 Å². The van der Waals surface area contributed by atoms with Gasteiger partial charge in [-0.05, 0) is 30.5 Å². The van der Waals surface area contributed by atoms with E-state index in [2.05, 4.69) is 62.7 Å². The number of nitrogens with one attached hydrogen (secondary N) is 2. The number of hydrogen-bond acceptors (Lipinski definition) is 2. The van der Waals surface area contributed by atoms with Crippen molar-refractivity contribution >= 4 is 45.9 Å². The summed E-state index contributed by atoms with van der Waals surface area (Å²) in [5.74, 6) is 0.896. The van der Waals surface area contributed by atoms with Gasteiger partial charge in [-0.15, -0.1) is 24.0 Å². The molecule has 2 fully saturated rings. The molecule has 146 valence electrons. The molecule has 1 aliphatic carbocycles. The molecule has 1 aliphatic heterocycles. The number of nitrogens with zero attached hydrogens (tertiary/aromatic N) is 1. The van der Waals surface area contributed by atoms with Crippen molar-refractivity contribution in [2.45, 2.75) is 44.4 Å². The van der Waals surface area contributed by atoms with E-state index in [0.29, 0.717) is 0 Å². The topological polar surface area (TPSA) is 45.7 Å². The molecular weight excluding hydrogens is 505 g/mol. The molecule has 1 aromatic rings. The smallest absolute Gasteiger partial charge is 0.191 e. The molecule has 3 rings (SSSR count). The molecule has 0 unspecified atom stereocenters. The molecule has 0 radical (unpaired) electrons.